The van der Waals surface area contributed by atoms with E-state index in [2.05, 4.69) is 41.7 Å². The first-order valence-corrected chi connectivity index (χ1v) is 8.05. The lowest BCUT2D eigenvalue weighted by Gasteiger charge is -2.21. The van der Waals surface area contributed by atoms with Crippen LogP contribution in [0.2, 0.25) is 0 Å². The van der Waals surface area contributed by atoms with Crippen LogP contribution in [0, 0.1) is 0 Å². The average molecular weight is 344 g/mol. The van der Waals surface area contributed by atoms with Crippen molar-refractivity contribution in [2.75, 3.05) is 19.6 Å². The number of guanidine groups is 1. The van der Waals surface area contributed by atoms with E-state index in [4.69, 9.17) is 0 Å². The van der Waals surface area contributed by atoms with Gasteiger partial charge in [-0.25, -0.2) is 4.99 Å². The quantitative estimate of drug-likeness (QED) is 0.422. The van der Waals surface area contributed by atoms with Crippen LogP contribution in [0.25, 0.3) is 0 Å². The smallest absolute Gasteiger partial charge is 0.357 e. The summed E-state index contributed by atoms with van der Waals surface area (Å²) in [4.78, 5) is 4.34. The van der Waals surface area contributed by atoms with Crippen molar-refractivity contribution in [1.29, 1.82) is 0 Å². The number of nitrogens with one attached hydrogen (secondary N) is 3. The maximum atomic E-state index is 12.7. The minimum atomic E-state index is -4.33. The topological polar surface area (TPSA) is 48.5 Å². The van der Waals surface area contributed by atoms with Crippen molar-refractivity contribution in [1.82, 2.24) is 16.0 Å². The van der Waals surface area contributed by atoms with Gasteiger partial charge in [0, 0.05) is 25.2 Å². The molecule has 0 radical (unpaired) electrons. The van der Waals surface area contributed by atoms with Gasteiger partial charge in [0.2, 0.25) is 0 Å². The van der Waals surface area contributed by atoms with Gasteiger partial charge < -0.3 is 16.0 Å². The van der Waals surface area contributed by atoms with Crippen molar-refractivity contribution in [3.63, 3.8) is 0 Å². The van der Waals surface area contributed by atoms with Crippen LogP contribution >= 0.6 is 0 Å². The highest BCUT2D eigenvalue weighted by Gasteiger charge is 2.30. The van der Waals surface area contributed by atoms with Crippen LogP contribution < -0.4 is 16.0 Å². The molecule has 7 heteroatoms. The van der Waals surface area contributed by atoms with Gasteiger partial charge in [-0.2, -0.15) is 13.2 Å². The molecule has 3 N–H and O–H groups in total. The molecule has 24 heavy (non-hydrogen) atoms. The number of nitrogens with zero attached hydrogens (tertiary/aromatic N) is 1. The minimum absolute atomic E-state index is 0.0369. The molecular formula is C17H27F3N4. The van der Waals surface area contributed by atoms with Gasteiger partial charge in [0.1, 0.15) is 0 Å². The third-order valence-electron chi connectivity index (χ3n) is 3.09. The normalized spacial score (nSPS) is 13.0. The Morgan fingerprint density at radius 3 is 2.38 bits per heavy atom. The molecule has 0 unspecified atom stereocenters. The van der Waals surface area contributed by atoms with Crippen LogP contribution in [0.3, 0.4) is 0 Å². The maximum absolute atomic E-state index is 12.7. The van der Waals surface area contributed by atoms with E-state index < -0.39 is 11.7 Å². The molecule has 1 aromatic carbocycles. The van der Waals surface area contributed by atoms with E-state index in [1.165, 1.54) is 6.07 Å². The van der Waals surface area contributed by atoms with Gasteiger partial charge in [0.05, 0.1) is 12.1 Å². The maximum Gasteiger partial charge on any atom is 0.416 e. The van der Waals surface area contributed by atoms with Crippen molar-refractivity contribution in [2.24, 2.45) is 4.99 Å². The van der Waals surface area contributed by atoms with E-state index in [1.807, 2.05) is 6.92 Å². The Balaban J connectivity index is 2.62. The van der Waals surface area contributed by atoms with Gasteiger partial charge in [0.25, 0.3) is 0 Å². The van der Waals surface area contributed by atoms with Crippen molar-refractivity contribution < 1.29 is 13.2 Å². The van der Waals surface area contributed by atoms with Crippen LogP contribution in [-0.4, -0.2) is 31.1 Å². The summed E-state index contributed by atoms with van der Waals surface area (Å²) >= 11 is 0. The SMILES string of the molecule is CCNC(=NCc1cccc(C(F)(F)F)c1)NCCNC(C)(C)C. The molecular weight excluding hydrogens is 317 g/mol. The second-order valence-electron chi connectivity index (χ2n) is 6.50. The lowest BCUT2D eigenvalue weighted by molar-refractivity contribution is -0.137. The Kier molecular flexibility index (Phi) is 7.54. The van der Waals surface area contributed by atoms with Crippen LogP contribution in [-0.2, 0) is 12.7 Å². The largest absolute Gasteiger partial charge is 0.416 e. The molecule has 0 spiro atoms. The Morgan fingerprint density at radius 2 is 1.79 bits per heavy atom. The molecule has 0 saturated carbocycles. The number of alkyl halides is 3. The van der Waals surface area contributed by atoms with E-state index in [9.17, 15) is 13.2 Å². The average Bonchev–Trinajstić information content (AvgIpc) is 2.47. The summed E-state index contributed by atoms with van der Waals surface area (Å²) in [7, 11) is 0. The molecule has 0 bridgehead atoms. The van der Waals surface area contributed by atoms with Crippen LogP contribution in [0.5, 0.6) is 0 Å². The second kappa shape index (κ2) is 8.92. The molecule has 0 aliphatic carbocycles. The summed E-state index contributed by atoms with van der Waals surface area (Å²) in [6, 6.07) is 5.24. The van der Waals surface area contributed by atoms with Gasteiger partial charge in [-0.3, -0.25) is 0 Å². The lowest BCUT2D eigenvalue weighted by Crippen LogP contribution is -2.44. The first-order valence-electron chi connectivity index (χ1n) is 8.05. The van der Waals surface area contributed by atoms with Crippen LogP contribution in [0.1, 0.15) is 38.8 Å². The lowest BCUT2D eigenvalue weighted by atomic mass is 10.1. The first kappa shape index (κ1) is 20.3. The summed E-state index contributed by atoms with van der Waals surface area (Å²) in [5.41, 5.74) is -0.0905. The van der Waals surface area contributed by atoms with Crippen molar-refractivity contribution in [2.45, 2.75) is 46.0 Å². The molecule has 0 aliphatic rings. The number of halogens is 3. The van der Waals surface area contributed by atoms with Crippen LogP contribution in [0.15, 0.2) is 29.3 Å². The second-order valence-corrected chi connectivity index (χ2v) is 6.50. The fourth-order valence-electron chi connectivity index (χ4n) is 1.98. The van der Waals surface area contributed by atoms with E-state index in [0.29, 0.717) is 24.6 Å². The number of benzene rings is 1. The molecule has 4 nitrogen and oxygen atoms in total. The van der Waals surface area contributed by atoms with Crippen LogP contribution in [0.4, 0.5) is 13.2 Å². The fraction of sp³-hybridized carbons (Fsp3) is 0.588. The van der Waals surface area contributed by atoms with Gasteiger partial charge in [-0.05, 0) is 45.4 Å². The monoisotopic (exact) mass is 344 g/mol. The summed E-state index contributed by atoms with van der Waals surface area (Å²) in [5, 5.41) is 9.59. The molecule has 0 aromatic heterocycles. The standard InChI is InChI=1S/C17H27F3N4/c1-5-21-15(22-9-10-24-16(2,3)4)23-12-13-7-6-8-14(11-13)17(18,19)20/h6-8,11,24H,5,9-10,12H2,1-4H3,(H2,21,22,23). The summed E-state index contributed by atoms with van der Waals surface area (Å²) in [6.45, 7) is 10.5. The van der Waals surface area contributed by atoms with Gasteiger partial charge in [-0.15, -0.1) is 0 Å². The summed E-state index contributed by atoms with van der Waals surface area (Å²) in [5.74, 6) is 0.589. The number of aliphatic imine (C=N–C) groups is 1. The molecule has 136 valence electrons. The van der Waals surface area contributed by atoms with Gasteiger partial charge >= 0.3 is 6.18 Å². The van der Waals surface area contributed by atoms with E-state index in [-0.39, 0.29) is 12.1 Å². The minimum Gasteiger partial charge on any atom is -0.357 e. The highest BCUT2D eigenvalue weighted by Crippen LogP contribution is 2.29. The fourth-order valence-corrected chi connectivity index (χ4v) is 1.98. The molecule has 0 fully saturated rings. The van der Waals surface area contributed by atoms with Crippen molar-refractivity contribution >= 4 is 5.96 Å². The zero-order chi connectivity index (χ0) is 18.2. The van der Waals surface area contributed by atoms with Gasteiger partial charge in [-0.1, -0.05) is 12.1 Å². The third-order valence-corrected chi connectivity index (χ3v) is 3.09. The van der Waals surface area contributed by atoms with E-state index in [1.54, 1.807) is 6.07 Å². The van der Waals surface area contributed by atoms with Gasteiger partial charge in [0.15, 0.2) is 5.96 Å². The Hall–Kier alpha value is -1.76. The zero-order valence-corrected chi connectivity index (χ0v) is 14.7. The number of hydrogen-bond donors (Lipinski definition) is 3. The zero-order valence-electron chi connectivity index (χ0n) is 14.7. The third kappa shape index (κ3) is 8.19. The molecule has 0 saturated heterocycles. The molecule has 0 atom stereocenters. The predicted molar refractivity (Wildman–Crippen MR) is 92.0 cm³/mol. The van der Waals surface area contributed by atoms with E-state index in [0.717, 1.165) is 18.7 Å². The molecule has 0 amide bonds. The Morgan fingerprint density at radius 1 is 1.08 bits per heavy atom. The first-order chi connectivity index (χ1) is 11.1. The summed E-state index contributed by atoms with van der Waals surface area (Å²) in [6.07, 6.45) is -4.33. The van der Waals surface area contributed by atoms with Crippen molar-refractivity contribution in [3.05, 3.63) is 35.4 Å². The Labute approximate surface area is 141 Å². The number of rotatable bonds is 6. The number of hydrogen-bond acceptors (Lipinski definition) is 2. The summed E-state index contributed by atoms with van der Waals surface area (Å²) < 4.78 is 38.2. The Bertz CT molecular complexity index is 533. The molecule has 1 rings (SSSR count). The van der Waals surface area contributed by atoms with Crippen molar-refractivity contribution in [3.8, 4) is 0 Å². The molecule has 0 aliphatic heterocycles. The van der Waals surface area contributed by atoms with E-state index >= 15 is 0 Å². The highest BCUT2D eigenvalue weighted by atomic mass is 19.4. The molecule has 1 aromatic rings. The molecule has 0 heterocycles. The highest BCUT2D eigenvalue weighted by molar-refractivity contribution is 5.79. The predicted octanol–water partition coefficient (Wildman–Crippen LogP) is 3.15.